The van der Waals surface area contributed by atoms with Crippen LogP contribution in [0.4, 0.5) is 10.2 Å². The first-order valence-corrected chi connectivity index (χ1v) is 8.20. The number of pyridine rings is 1. The molecule has 0 unspecified atom stereocenters. The molecular weight excluding hydrogens is 321 g/mol. The van der Waals surface area contributed by atoms with E-state index in [9.17, 15) is 9.18 Å². The Balaban J connectivity index is 1.59. The molecule has 1 fully saturated rings. The van der Waals surface area contributed by atoms with Crippen LogP contribution in [0.25, 0.3) is 6.08 Å². The van der Waals surface area contributed by atoms with Gasteiger partial charge in [-0.15, -0.1) is 0 Å². The highest BCUT2D eigenvalue weighted by molar-refractivity contribution is 5.91. The maximum atomic E-state index is 12.9. The van der Waals surface area contributed by atoms with Crippen molar-refractivity contribution in [2.24, 2.45) is 0 Å². The number of aromatic nitrogens is 1. The lowest BCUT2D eigenvalue weighted by atomic mass is 10.2. The average Bonchev–Trinajstić information content (AvgIpc) is 2.67. The zero-order chi connectivity index (χ0) is 17.5. The second-order valence-corrected chi connectivity index (χ2v) is 5.69. The lowest BCUT2D eigenvalue weighted by Gasteiger charge is -2.29. The summed E-state index contributed by atoms with van der Waals surface area (Å²) in [6, 6.07) is 9.79. The maximum absolute atomic E-state index is 12.9. The minimum Gasteiger partial charge on any atom is -0.378 e. The third-order valence-corrected chi connectivity index (χ3v) is 3.93. The molecule has 1 aromatic carbocycles. The van der Waals surface area contributed by atoms with E-state index >= 15 is 0 Å². The van der Waals surface area contributed by atoms with Crippen LogP contribution in [0.3, 0.4) is 0 Å². The van der Waals surface area contributed by atoms with Crippen molar-refractivity contribution in [1.82, 2.24) is 10.3 Å². The molecule has 0 aliphatic carbocycles. The first-order valence-electron chi connectivity index (χ1n) is 8.20. The first kappa shape index (κ1) is 17.1. The lowest BCUT2D eigenvalue weighted by Crippen LogP contribution is -2.37. The molecule has 25 heavy (non-hydrogen) atoms. The number of halogens is 1. The predicted octanol–water partition coefficient (Wildman–Crippen LogP) is 2.39. The molecular formula is C19H20FN3O2. The van der Waals surface area contributed by atoms with Crippen LogP contribution in [-0.2, 0) is 16.1 Å². The lowest BCUT2D eigenvalue weighted by molar-refractivity contribution is -0.116. The molecule has 0 radical (unpaired) electrons. The average molecular weight is 341 g/mol. The number of hydrogen-bond acceptors (Lipinski definition) is 4. The summed E-state index contributed by atoms with van der Waals surface area (Å²) < 4.78 is 18.2. The summed E-state index contributed by atoms with van der Waals surface area (Å²) in [5.74, 6) is 0.378. The van der Waals surface area contributed by atoms with E-state index in [0.29, 0.717) is 19.8 Å². The van der Waals surface area contributed by atoms with Crippen molar-refractivity contribution in [3.05, 3.63) is 65.6 Å². The second kappa shape index (κ2) is 8.39. The van der Waals surface area contributed by atoms with Crippen molar-refractivity contribution >= 4 is 17.8 Å². The fraction of sp³-hybridized carbons (Fsp3) is 0.263. The summed E-state index contributed by atoms with van der Waals surface area (Å²) in [6.07, 6.45) is 4.85. The molecule has 1 N–H and O–H groups in total. The highest BCUT2D eigenvalue weighted by Crippen LogP contribution is 2.18. The van der Waals surface area contributed by atoms with Crippen LogP contribution < -0.4 is 10.2 Å². The molecule has 1 saturated heterocycles. The van der Waals surface area contributed by atoms with Gasteiger partial charge in [0.15, 0.2) is 0 Å². The summed E-state index contributed by atoms with van der Waals surface area (Å²) in [5.41, 5.74) is 1.74. The fourth-order valence-electron chi connectivity index (χ4n) is 2.62. The number of carbonyl (C=O) groups is 1. The number of benzene rings is 1. The smallest absolute Gasteiger partial charge is 0.244 e. The molecule has 5 nitrogen and oxygen atoms in total. The molecule has 1 aromatic heterocycles. The minimum atomic E-state index is -0.297. The monoisotopic (exact) mass is 341 g/mol. The van der Waals surface area contributed by atoms with Crippen LogP contribution in [0, 0.1) is 5.82 Å². The number of rotatable bonds is 5. The number of nitrogens with zero attached hydrogens (tertiary/aromatic N) is 2. The fourth-order valence-corrected chi connectivity index (χ4v) is 2.62. The van der Waals surface area contributed by atoms with Gasteiger partial charge in [0.25, 0.3) is 0 Å². The van der Waals surface area contributed by atoms with Gasteiger partial charge in [0.1, 0.15) is 11.6 Å². The molecule has 0 spiro atoms. The molecule has 1 aliphatic heterocycles. The van der Waals surface area contributed by atoms with Crippen molar-refractivity contribution in [1.29, 1.82) is 0 Å². The summed E-state index contributed by atoms with van der Waals surface area (Å²) >= 11 is 0. The summed E-state index contributed by atoms with van der Waals surface area (Å²) in [5, 5.41) is 2.86. The van der Waals surface area contributed by atoms with E-state index < -0.39 is 0 Å². The molecule has 2 heterocycles. The summed E-state index contributed by atoms with van der Waals surface area (Å²) in [7, 11) is 0. The quantitative estimate of drug-likeness (QED) is 0.849. The van der Waals surface area contributed by atoms with Gasteiger partial charge in [-0.3, -0.25) is 4.79 Å². The Kier molecular flexibility index (Phi) is 5.74. The van der Waals surface area contributed by atoms with Crippen LogP contribution in [0.1, 0.15) is 11.1 Å². The number of hydrogen-bond donors (Lipinski definition) is 1. The number of amides is 1. The van der Waals surface area contributed by atoms with Gasteiger partial charge in [-0.25, -0.2) is 9.37 Å². The molecule has 0 atom stereocenters. The van der Waals surface area contributed by atoms with E-state index in [-0.39, 0.29) is 11.7 Å². The summed E-state index contributed by atoms with van der Waals surface area (Å²) in [6.45, 7) is 3.35. The van der Waals surface area contributed by atoms with E-state index in [1.54, 1.807) is 24.4 Å². The second-order valence-electron chi connectivity index (χ2n) is 5.69. The predicted molar refractivity (Wildman–Crippen MR) is 94.5 cm³/mol. The molecule has 1 aliphatic rings. The molecule has 0 saturated carbocycles. The van der Waals surface area contributed by atoms with Gasteiger partial charge in [-0.05, 0) is 29.8 Å². The Labute approximate surface area is 146 Å². The van der Waals surface area contributed by atoms with Crippen LogP contribution in [0.2, 0.25) is 0 Å². The van der Waals surface area contributed by atoms with Gasteiger partial charge in [0.2, 0.25) is 5.91 Å². The Hall–Kier alpha value is -2.73. The zero-order valence-corrected chi connectivity index (χ0v) is 13.8. The molecule has 3 rings (SSSR count). The Morgan fingerprint density at radius 3 is 2.76 bits per heavy atom. The normalized spacial score (nSPS) is 14.7. The molecule has 6 heteroatoms. The Morgan fingerprint density at radius 2 is 2.00 bits per heavy atom. The highest BCUT2D eigenvalue weighted by atomic mass is 19.1. The van der Waals surface area contributed by atoms with Gasteiger partial charge >= 0.3 is 0 Å². The van der Waals surface area contributed by atoms with E-state index in [1.165, 1.54) is 18.2 Å². The summed E-state index contributed by atoms with van der Waals surface area (Å²) in [4.78, 5) is 18.6. The van der Waals surface area contributed by atoms with Crippen LogP contribution in [-0.4, -0.2) is 37.2 Å². The van der Waals surface area contributed by atoms with E-state index in [1.807, 2.05) is 12.1 Å². The van der Waals surface area contributed by atoms with Gasteiger partial charge in [-0.1, -0.05) is 18.2 Å². The third kappa shape index (κ3) is 4.87. The van der Waals surface area contributed by atoms with Gasteiger partial charge in [-0.2, -0.15) is 0 Å². The van der Waals surface area contributed by atoms with Crippen molar-refractivity contribution in [3.63, 3.8) is 0 Å². The van der Waals surface area contributed by atoms with Gasteiger partial charge < -0.3 is 15.0 Å². The van der Waals surface area contributed by atoms with E-state index in [2.05, 4.69) is 15.2 Å². The first-order chi connectivity index (χ1) is 12.2. The maximum Gasteiger partial charge on any atom is 0.244 e. The van der Waals surface area contributed by atoms with Gasteiger partial charge in [0.05, 0.1) is 13.2 Å². The van der Waals surface area contributed by atoms with Gasteiger partial charge in [0, 0.05) is 37.5 Å². The van der Waals surface area contributed by atoms with Crippen molar-refractivity contribution in [2.75, 3.05) is 31.2 Å². The zero-order valence-electron chi connectivity index (χ0n) is 13.8. The molecule has 130 valence electrons. The van der Waals surface area contributed by atoms with Crippen molar-refractivity contribution < 1.29 is 13.9 Å². The number of anilines is 1. The minimum absolute atomic E-state index is 0.207. The number of nitrogens with one attached hydrogen (secondary N) is 1. The Morgan fingerprint density at radius 1 is 1.24 bits per heavy atom. The largest absolute Gasteiger partial charge is 0.378 e. The number of carbonyl (C=O) groups excluding carboxylic acids is 1. The number of morpholine rings is 1. The Bertz CT molecular complexity index is 741. The van der Waals surface area contributed by atoms with Crippen LogP contribution >= 0.6 is 0 Å². The van der Waals surface area contributed by atoms with Crippen molar-refractivity contribution in [2.45, 2.75) is 6.54 Å². The van der Waals surface area contributed by atoms with E-state index in [0.717, 1.165) is 30.0 Å². The number of ether oxygens (including phenoxy) is 1. The molecule has 1 amide bonds. The topological polar surface area (TPSA) is 54.5 Å². The molecule has 0 bridgehead atoms. The third-order valence-electron chi connectivity index (χ3n) is 3.93. The van der Waals surface area contributed by atoms with Crippen molar-refractivity contribution in [3.8, 4) is 0 Å². The van der Waals surface area contributed by atoms with Crippen LogP contribution in [0.5, 0.6) is 0 Å². The highest BCUT2D eigenvalue weighted by Gasteiger charge is 2.15. The molecule has 2 aromatic rings. The van der Waals surface area contributed by atoms with Crippen LogP contribution in [0.15, 0.2) is 48.7 Å². The SMILES string of the molecule is O=C(C=Cc1ccc(F)cc1)NCc1cccnc1N1CCOCC1. The van der Waals surface area contributed by atoms with E-state index in [4.69, 9.17) is 4.74 Å². The standard InChI is InChI=1S/C19H20FN3O2/c20-17-6-3-15(4-7-17)5-8-18(24)22-14-16-2-1-9-21-19(16)23-10-12-25-13-11-23/h1-9H,10-14H2,(H,22,24).